The molecule has 3 aromatic carbocycles. The number of carbonyl (C=O) groups excluding carboxylic acids is 1. The molecule has 0 aromatic heterocycles. The largest absolute Gasteiger partial charge is 0.289 e. The lowest BCUT2D eigenvalue weighted by molar-refractivity contribution is -0.387. The van der Waals surface area contributed by atoms with Gasteiger partial charge in [0.25, 0.3) is 21.6 Å². The SMILES string of the molecule is O=C(NS(=O)(=O)c1ccccc1[N+](=O)[O-])c1ccc(-c2ccccc2)cc1. The number of nitro groups is 1. The molecule has 3 rings (SSSR count). The molecule has 3 aromatic rings. The van der Waals surface area contributed by atoms with Crippen LogP contribution in [0.5, 0.6) is 0 Å². The number of nitrogens with zero attached hydrogens (tertiary/aromatic N) is 1. The Bertz CT molecular complexity index is 1090. The standard InChI is InChI=1S/C19H14N2O5S/c22-19(16-12-10-15(11-13-16)14-6-2-1-3-7-14)20-27(25,26)18-9-5-4-8-17(18)21(23)24/h1-13H,(H,20,22). The van der Waals surface area contributed by atoms with Crippen molar-refractivity contribution < 1.29 is 18.1 Å². The molecular weight excluding hydrogens is 368 g/mol. The summed E-state index contributed by atoms with van der Waals surface area (Å²) in [6, 6.07) is 20.7. The van der Waals surface area contributed by atoms with E-state index in [0.29, 0.717) is 0 Å². The molecular formula is C19H14N2O5S. The maximum absolute atomic E-state index is 12.4. The van der Waals surface area contributed by atoms with Crippen LogP contribution in [0.25, 0.3) is 11.1 Å². The van der Waals surface area contributed by atoms with E-state index in [9.17, 15) is 23.3 Å². The Morgan fingerprint density at radius 3 is 2.00 bits per heavy atom. The van der Waals surface area contributed by atoms with Crippen molar-refractivity contribution >= 4 is 21.6 Å². The van der Waals surface area contributed by atoms with Gasteiger partial charge in [-0.1, -0.05) is 54.6 Å². The Morgan fingerprint density at radius 2 is 1.37 bits per heavy atom. The van der Waals surface area contributed by atoms with Crippen LogP contribution < -0.4 is 4.72 Å². The minimum atomic E-state index is -4.39. The van der Waals surface area contributed by atoms with Gasteiger partial charge in [-0.25, -0.2) is 13.1 Å². The maximum Gasteiger partial charge on any atom is 0.289 e. The molecule has 1 N–H and O–H groups in total. The van der Waals surface area contributed by atoms with Gasteiger partial charge in [0.2, 0.25) is 0 Å². The molecule has 0 saturated heterocycles. The maximum atomic E-state index is 12.4. The molecule has 0 atom stereocenters. The number of carbonyl (C=O) groups is 1. The quantitative estimate of drug-likeness (QED) is 0.538. The smallest absolute Gasteiger partial charge is 0.268 e. The highest BCUT2D eigenvalue weighted by Crippen LogP contribution is 2.23. The molecule has 0 aliphatic rings. The summed E-state index contributed by atoms with van der Waals surface area (Å²) in [6.45, 7) is 0. The number of hydrogen-bond acceptors (Lipinski definition) is 5. The predicted octanol–water partition coefficient (Wildman–Crippen LogP) is 3.38. The second kappa shape index (κ2) is 7.38. The van der Waals surface area contributed by atoms with Crippen molar-refractivity contribution in [2.24, 2.45) is 0 Å². The lowest BCUT2D eigenvalue weighted by Crippen LogP contribution is -2.31. The average Bonchev–Trinajstić information content (AvgIpc) is 2.68. The van der Waals surface area contributed by atoms with E-state index < -0.39 is 31.4 Å². The summed E-state index contributed by atoms with van der Waals surface area (Å²) in [5.74, 6) is -0.868. The van der Waals surface area contributed by atoms with Gasteiger partial charge in [0.1, 0.15) is 0 Å². The monoisotopic (exact) mass is 382 g/mol. The number of rotatable bonds is 5. The van der Waals surface area contributed by atoms with Gasteiger partial charge in [-0.2, -0.15) is 0 Å². The van der Waals surface area contributed by atoms with Crippen molar-refractivity contribution in [3.05, 3.63) is 94.5 Å². The van der Waals surface area contributed by atoms with E-state index in [4.69, 9.17) is 0 Å². The average molecular weight is 382 g/mol. The highest BCUT2D eigenvalue weighted by atomic mass is 32.2. The molecule has 0 spiro atoms. The first kappa shape index (κ1) is 18.3. The van der Waals surface area contributed by atoms with Crippen LogP contribution in [-0.4, -0.2) is 19.2 Å². The Hall–Kier alpha value is -3.52. The van der Waals surface area contributed by atoms with Crippen LogP contribution in [0.2, 0.25) is 0 Å². The van der Waals surface area contributed by atoms with Crippen LogP contribution in [0.3, 0.4) is 0 Å². The first-order valence-corrected chi connectivity index (χ1v) is 9.33. The number of para-hydroxylation sites is 1. The Labute approximate surface area is 155 Å². The van der Waals surface area contributed by atoms with E-state index in [1.807, 2.05) is 35.1 Å². The van der Waals surface area contributed by atoms with Crippen molar-refractivity contribution in [3.8, 4) is 11.1 Å². The third-order valence-electron chi connectivity index (χ3n) is 3.83. The highest BCUT2D eigenvalue weighted by molar-refractivity contribution is 7.90. The summed E-state index contributed by atoms with van der Waals surface area (Å²) < 4.78 is 26.7. The number of nitro benzene ring substituents is 1. The molecule has 0 radical (unpaired) electrons. The second-order valence-electron chi connectivity index (χ2n) is 5.60. The van der Waals surface area contributed by atoms with E-state index in [1.54, 1.807) is 12.1 Å². The van der Waals surface area contributed by atoms with Crippen LogP contribution in [0, 0.1) is 10.1 Å². The molecule has 7 nitrogen and oxygen atoms in total. The third kappa shape index (κ3) is 4.01. The number of hydrogen-bond donors (Lipinski definition) is 1. The number of sulfonamides is 1. The van der Waals surface area contributed by atoms with Crippen LogP contribution >= 0.6 is 0 Å². The molecule has 0 bridgehead atoms. The van der Waals surface area contributed by atoms with E-state index in [0.717, 1.165) is 23.3 Å². The van der Waals surface area contributed by atoms with Crippen molar-refractivity contribution in [1.82, 2.24) is 4.72 Å². The summed E-state index contributed by atoms with van der Waals surface area (Å²) in [5, 5.41) is 11.0. The summed E-state index contributed by atoms with van der Waals surface area (Å²) in [4.78, 5) is 21.9. The van der Waals surface area contributed by atoms with Gasteiger partial charge in [0, 0.05) is 11.6 Å². The van der Waals surface area contributed by atoms with Gasteiger partial charge in [-0.3, -0.25) is 14.9 Å². The van der Waals surface area contributed by atoms with Gasteiger partial charge in [-0.15, -0.1) is 0 Å². The molecule has 0 aliphatic heterocycles. The minimum absolute atomic E-state index is 0.122. The lowest BCUT2D eigenvalue weighted by Gasteiger charge is -2.08. The van der Waals surface area contributed by atoms with Gasteiger partial charge in [0.05, 0.1) is 4.92 Å². The molecule has 0 fully saturated rings. The predicted molar refractivity (Wildman–Crippen MR) is 99.6 cm³/mol. The van der Waals surface area contributed by atoms with Gasteiger partial charge >= 0.3 is 0 Å². The van der Waals surface area contributed by atoms with Crippen LogP contribution in [0.15, 0.2) is 83.8 Å². The number of nitrogens with one attached hydrogen (secondary N) is 1. The van der Waals surface area contributed by atoms with Crippen molar-refractivity contribution in [2.45, 2.75) is 4.90 Å². The molecule has 1 amide bonds. The van der Waals surface area contributed by atoms with Crippen molar-refractivity contribution in [1.29, 1.82) is 0 Å². The zero-order chi connectivity index (χ0) is 19.4. The summed E-state index contributed by atoms with van der Waals surface area (Å²) >= 11 is 0. The Kier molecular flexibility index (Phi) is 5.00. The molecule has 0 unspecified atom stereocenters. The zero-order valence-electron chi connectivity index (χ0n) is 13.9. The lowest BCUT2D eigenvalue weighted by atomic mass is 10.0. The molecule has 0 aliphatic carbocycles. The minimum Gasteiger partial charge on any atom is -0.268 e. The molecule has 0 heterocycles. The highest BCUT2D eigenvalue weighted by Gasteiger charge is 2.27. The van der Waals surface area contributed by atoms with Crippen LogP contribution in [0.1, 0.15) is 10.4 Å². The topological polar surface area (TPSA) is 106 Å². The van der Waals surface area contributed by atoms with Crippen LogP contribution in [0.4, 0.5) is 5.69 Å². The zero-order valence-corrected chi connectivity index (χ0v) is 14.7. The normalized spacial score (nSPS) is 11.0. The summed E-state index contributed by atoms with van der Waals surface area (Å²) in [6.07, 6.45) is 0. The summed E-state index contributed by atoms with van der Waals surface area (Å²) in [7, 11) is -4.39. The van der Waals surface area contributed by atoms with Gasteiger partial charge < -0.3 is 0 Å². The first-order chi connectivity index (χ1) is 12.9. The van der Waals surface area contributed by atoms with E-state index in [-0.39, 0.29) is 5.56 Å². The van der Waals surface area contributed by atoms with Gasteiger partial charge in [0.15, 0.2) is 4.90 Å². The van der Waals surface area contributed by atoms with Crippen molar-refractivity contribution in [2.75, 3.05) is 0 Å². The fraction of sp³-hybridized carbons (Fsp3) is 0. The van der Waals surface area contributed by atoms with E-state index in [1.165, 1.54) is 24.3 Å². The molecule has 0 saturated carbocycles. The van der Waals surface area contributed by atoms with Crippen LogP contribution in [-0.2, 0) is 10.0 Å². The van der Waals surface area contributed by atoms with E-state index >= 15 is 0 Å². The van der Waals surface area contributed by atoms with Gasteiger partial charge in [-0.05, 0) is 29.3 Å². The molecule has 8 heteroatoms. The number of amides is 1. The summed E-state index contributed by atoms with van der Waals surface area (Å²) in [5.41, 5.74) is 1.35. The second-order valence-corrected chi connectivity index (χ2v) is 7.25. The third-order valence-corrected chi connectivity index (χ3v) is 5.21. The Morgan fingerprint density at radius 1 is 0.815 bits per heavy atom. The molecule has 136 valence electrons. The fourth-order valence-electron chi connectivity index (χ4n) is 2.52. The van der Waals surface area contributed by atoms with Crippen molar-refractivity contribution in [3.63, 3.8) is 0 Å². The Balaban J connectivity index is 1.84. The fourth-order valence-corrected chi connectivity index (χ4v) is 3.66. The first-order valence-electron chi connectivity index (χ1n) is 7.84. The number of benzene rings is 3. The van der Waals surface area contributed by atoms with E-state index in [2.05, 4.69) is 0 Å². The molecule has 27 heavy (non-hydrogen) atoms.